The molecular formula is C35H49FN6O7S. The van der Waals surface area contributed by atoms with Crippen LogP contribution in [0.4, 0.5) is 4.39 Å². The lowest BCUT2D eigenvalue weighted by Gasteiger charge is -2.54. The van der Waals surface area contributed by atoms with E-state index in [4.69, 9.17) is 19.8 Å². The monoisotopic (exact) mass is 716 g/mol. The van der Waals surface area contributed by atoms with Crippen molar-refractivity contribution >= 4 is 27.9 Å². The summed E-state index contributed by atoms with van der Waals surface area (Å²) in [4.78, 5) is 47.2. The van der Waals surface area contributed by atoms with Gasteiger partial charge in [-0.15, -0.1) is 0 Å². The van der Waals surface area contributed by atoms with Crippen LogP contribution in [0.3, 0.4) is 0 Å². The van der Waals surface area contributed by atoms with Crippen molar-refractivity contribution in [3.05, 3.63) is 58.9 Å². The minimum Gasteiger partial charge on any atom is -0.473 e. The van der Waals surface area contributed by atoms with Gasteiger partial charge in [0, 0.05) is 63.4 Å². The van der Waals surface area contributed by atoms with Crippen LogP contribution in [-0.2, 0) is 19.6 Å². The lowest BCUT2D eigenvalue weighted by molar-refractivity contribution is -0.159. The number of carboxylic acid groups (broad SMARTS) is 2. The fraction of sp³-hybridized carbons (Fsp3) is 0.629. The molecule has 13 nitrogen and oxygen atoms in total. The summed E-state index contributed by atoms with van der Waals surface area (Å²) >= 11 is 0. The molecule has 0 spiro atoms. The summed E-state index contributed by atoms with van der Waals surface area (Å²) in [5, 5.41) is 14.6. The molecule has 1 aromatic heterocycles. The Kier molecular flexibility index (Phi) is 11.6. The first-order valence-corrected chi connectivity index (χ1v) is 18.9. The van der Waals surface area contributed by atoms with E-state index in [2.05, 4.69) is 33.6 Å². The van der Waals surface area contributed by atoms with Crippen LogP contribution >= 0.6 is 0 Å². The number of sulfonamides is 1. The summed E-state index contributed by atoms with van der Waals surface area (Å²) < 4.78 is 42.0. The molecule has 15 heteroatoms. The van der Waals surface area contributed by atoms with Crippen LogP contribution in [0.15, 0.2) is 30.6 Å². The predicted octanol–water partition coefficient (Wildman–Crippen LogP) is 3.33. The third kappa shape index (κ3) is 8.32. The maximum absolute atomic E-state index is 14.5. The largest absolute Gasteiger partial charge is 0.473 e. The normalized spacial score (nSPS) is 23.1. The molecular weight excluding hydrogens is 667 g/mol. The van der Waals surface area contributed by atoms with Gasteiger partial charge in [0.05, 0.1) is 22.2 Å². The van der Waals surface area contributed by atoms with E-state index in [9.17, 15) is 17.6 Å². The number of halogens is 1. The molecule has 50 heavy (non-hydrogen) atoms. The predicted molar refractivity (Wildman–Crippen MR) is 183 cm³/mol. The Morgan fingerprint density at radius 3 is 2.04 bits per heavy atom. The Morgan fingerprint density at radius 1 is 0.920 bits per heavy atom. The van der Waals surface area contributed by atoms with E-state index in [0.29, 0.717) is 31.7 Å². The molecule has 1 aromatic carbocycles. The van der Waals surface area contributed by atoms with Crippen LogP contribution in [0.5, 0.6) is 0 Å². The van der Waals surface area contributed by atoms with Crippen LogP contribution in [0.1, 0.15) is 85.7 Å². The number of piperazine rings is 1. The van der Waals surface area contributed by atoms with Gasteiger partial charge in [-0.25, -0.2) is 36.7 Å². The fourth-order valence-corrected chi connectivity index (χ4v) is 9.76. The molecule has 2 aromatic rings. The van der Waals surface area contributed by atoms with Gasteiger partial charge in [0.15, 0.2) is 0 Å². The summed E-state index contributed by atoms with van der Waals surface area (Å²) in [6, 6.07) is 7.29. The minimum absolute atomic E-state index is 0.00866. The number of carbonyl (C=O) groups is 3. The van der Waals surface area contributed by atoms with Crippen molar-refractivity contribution in [1.29, 1.82) is 0 Å². The number of piperidine rings is 2. The number of aryl methyl sites for hydroxylation is 2. The first kappa shape index (κ1) is 37.7. The second kappa shape index (κ2) is 15.4. The highest BCUT2D eigenvalue weighted by molar-refractivity contribution is 7.90. The molecule has 0 unspecified atom stereocenters. The zero-order valence-corrected chi connectivity index (χ0v) is 30.1. The van der Waals surface area contributed by atoms with E-state index in [1.165, 1.54) is 12.4 Å². The molecule has 0 radical (unpaired) electrons. The van der Waals surface area contributed by atoms with Crippen molar-refractivity contribution in [1.82, 2.24) is 29.0 Å². The summed E-state index contributed by atoms with van der Waals surface area (Å²) in [6.45, 7) is 13.5. The molecule has 1 saturated carbocycles. The first-order chi connectivity index (χ1) is 23.6. The van der Waals surface area contributed by atoms with Crippen LogP contribution in [0, 0.1) is 25.6 Å². The summed E-state index contributed by atoms with van der Waals surface area (Å²) in [5.41, 5.74) is 3.05. The third-order valence-electron chi connectivity index (χ3n) is 11.0. The average molecular weight is 717 g/mol. The second-order valence-electron chi connectivity index (χ2n) is 14.3. The Balaban J connectivity index is 0.000000745. The standard InChI is InChI=1S/C33H47FN6O3S.C2H2O4/c1-23-21-38(33(4)12-16-37(17-13-33)32(41)30-24(2)35-22-36-25(30)3)18-19-40(23)31(27-6-5-7-28(34)20-27)26-10-14-39(15-11-26)44(42,43)29-8-9-29;3-1(4)2(5)6/h5-7,20,22-23,26,29,31H,8-19,21H2,1-4H3;(H,3,4)(H,5,6)/t23-,31+;/m1./s1. The highest BCUT2D eigenvalue weighted by atomic mass is 32.2. The van der Waals surface area contributed by atoms with Gasteiger partial charge in [-0.3, -0.25) is 14.6 Å². The molecule has 1 amide bonds. The maximum atomic E-state index is 14.5. The maximum Gasteiger partial charge on any atom is 0.414 e. The number of likely N-dealkylation sites (tertiary alicyclic amines) is 1. The van der Waals surface area contributed by atoms with Crippen molar-refractivity contribution in [2.45, 2.75) is 89.1 Å². The molecule has 1 aliphatic carbocycles. The molecule has 3 aliphatic heterocycles. The van der Waals surface area contributed by atoms with Gasteiger partial charge in [0.2, 0.25) is 10.0 Å². The number of benzene rings is 1. The number of nitrogens with zero attached hydrogens (tertiary/aromatic N) is 6. The van der Waals surface area contributed by atoms with Gasteiger partial charge in [-0.05, 0) is 89.8 Å². The zero-order chi connectivity index (χ0) is 36.4. The number of hydrogen-bond acceptors (Lipinski definition) is 9. The molecule has 3 saturated heterocycles. The highest BCUT2D eigenvalue weighted by Gasteiger charge is 2.45. The Bertz CT molecular complexity index is 1640. The topological polar surface area (TPSA) is 165 Å². The SMILES string of the molecule is Cc1ncnc(C)c1C(=O)N1CCC(C)(N2CCN([C@H](c3cccc(F)c3)C3CCN(S(=O)(=O)C4CC4)CC3)[C@H](C)C2)CC1.O=C(O)C(=O)O. The van der Waals surface area contributed by atoms with Gasteiger partial charge in [-0.1, -0.05) is 12.1 Å². The van der Waals surface area contributed by atoms with E-state index in [-0.39, 0.29) is 40.5 Å². The van der Waals surface area contributed by atoms with Gasteiger partial charge in [-0.2, -0.15) is 0 Å². The van der Waals surface area contributed by atoms with Crippen molar-refractivity contribution < 1.29 is 37.4 Å². The highest BCUT2D eigenvalue weighted by Crippen LogP contribution is 2.41. The number of amides is 1. The first-order valence-electron chi connectivity index (χ1n) is 17.4. The van der Waals surface area contributed by atoms with E-state index in [0.717, 1.165) is 75.1 Å². The van der Waals surface area contributed by atoms with Gasteiger partial charge < -0.3 is 15.1 Å². The molecule has 4 aliphatic rings. The number of carboxylic acids is 2. The summed E-state index contributed by atoms with van der Waals surface area (Å²) in [7, 11) is -3.18. The number of rotatable bonds is 7. The Hall–Kier alpha value is -3.53. The van der Waals surface area contributed by atoms with E-state index >= 15 is 0 Å². The van der Waals surface area contributed by atoms with Gasteiger partial charge >= 0.3 is 11.9 Å². The molecule has 4 heterocycles. The second-order valence-corrected chi connectivity index (χ2v) is 16.5. The average Bonchev–Trinajstić information content (AvgIpc) is 3.93. The van der Waals surface area contributed by atoms with Gasteiger partial charge in [0.1, 0.15) is 12.1 Å². The van der Waals surface area contributed by atoms with Crippen molar-refractivity contribution in [3.8, 4) is 0 Å². The number of aromatic nitrogens is 2. The van der Waals surface area contributed by atoms with Crippen LogP contribution in [0.25, 0.3) is 0 Å². The quantitative estimate of drug-likeness (QED) is 0.404. The van der Waals surface area contributed by atoms with Crippen LogP contribution in [0.2, 0.25) is 0 Å². The van der Waals surface area contributed by atoms with Crippen molar-refractivity contribution in [2.24, 2.45) is 5.92 Å². The number of hydrogen-bond donors (Lipinski definition) is 2. The molecule has 274 valence electrons. The van der Waals surface area contributed by atoms with Crippen molar-refractivity contribution in [3.63, 3.8) is 0 Å². The summed E-state index contributed by atoms with van der Waals surface area (Å²) in [6.07, 6.45) is 6.45. The smallest absolute Gasteiger partial charge is 0.414 e. The lowest BCUT2D eigenvalue weighted by atomic mass is 9.82. The number of carbonyl (C=O) groups excluding carboxylic acids is 1. The molecule has 2 atom stereocenters. The van der Waals surface area contributed by atoms with E-state index in [1.807, 2.05) is 24.8 Å². The molecule has 2 N–H and O–H groups in total. The zero-order valence-electron chi connectivity index (χ0n) is 29.3. The summed E-state index contributed by atoms with van der Waals surface area (Å²) in [5.74, 6) is -3.59. The van der Waals surface area contributed by atoms with Crippen LogP contribution < -0.4 is 0 Å². The fourth-order valence-electron chi connectivity index (χ4n) is 7.89. The molecule has 6 rings (SSSR count). The Labute approximate surface area is 293 Å². The lowest BCUT2D eigenvalue weighted by Crippen LogP contribution is -2.63. The van der Waals surface area contributed by atoms with Gasteiger partial charge in [0.25, 0.3) is 5.91 Å². The third-order valence-corrected chi connectivity index (χ3v) is 13.4. The number of aliphatic carboxylic acids is 2. The van der Waals surface area contributed by atoms with E-state index < -0.39 is 22.0 Å². The minimum atomic E-state index is -3.18. The van der Waals surface area contributed by atoms with Crippen molar-refractivity contribution in [2.75, 3.05) is 45.8 Å². The molecule has 4 fully saturated rings. The van der Waals surface area contributed by atoms with E-state index in [1.54, 1.807) is 16.4 Å². The molecule has 0 bridgehead atoms. The van der Waals surface area contributed by atoms with Crippen LogP contribution in [-0.4, -0.2) is 128 Å². The Morgan fingerprint density at radius 2 is 1.52 bits per heavy atom.